The van der Waals surface area contributed by atoms with Gasteiger partial charge in [0.15, 0.2) is 12.4 Å². The van der Waals surface area contributed by atoms with Crippen molar-refractivity contribution in [2.45, 2.75) is 110 Å². The second-order valence-electron chi connectivity index (χ2n) is 7.61. The molecule has 0 aromatic rings. The summed E-state index contributed by atoms with van der Waals surface area (Å²) in [7, 11) is 0. The Morgan fingerprint density at radius 3 is 2.12 bits per heavy atom. The number of unbranched alkanes of at least 4 members (excludes halogenated alkanes) is 9. The van der Waals surface area contributed by atoms with Crippen LogP contribution >= 0.6 is 0 Å². The number of aliphatic hydroxyl groups is 1. The fourth-order valence-corrected chi connectivity index (χ4v) is 3.89. The van der Waals surface area contributed by atoms with Gasteiger partial charge in [-0.1, -0.05) is 57.6 Å². The summed E-state index contributed by atoms with van der Waals surface area (Å²) in [6.07, 6.45) is 24.6. The van der Waals surface area contributed by atoms with Crippen LogP contribution < -0.4 is 5.32 Å². The Morgan fingerprint density at radius 1 is 0.960 bits per heavy atom. The Hall–Kier alpha value is -0.800. The summed E-state index contributed by atoms with van der Waals surface area (Å²) in [6, 6.07) is 0. The van der Waals surface area contributed by atoms with Crippen LogP contribution in [0.3, 0.4) is 0 Å². The smallest absolute Gasteiger partial charge is 0.193 e. The molecule has 3 unspecified atom stereocenters. The molecule has 0 aromatic carbocycles. The van der Waals surface area contributed by atoms with E-state index in [0.717, 1.165) is 13.0 Å². The molecule has 0 aliphatic carbocycles. The Morgan fingerprint density at radius 2 is 1.56 bits per heavy atom. The Balaban J connectivity index is 2.00. The van der Waals surface area contributed by atoms with E-state index < -0.39 is 0 Å². The van der Waals surface area contributed by atoms with Crippen molar-refractivity contribution in [1.82, 2.24) is 5.32 Å². The number of aliphatic hydroxyl groups excluding tert-OH is 1. The van der Waals surface area contributed by atoms with Crippen molar-refractivity contribution in [2.75, 3.05) is 6.54 Å². The van der Waals surface area contributed by atoms with Gasteiger partial charge in [0, 0.05) is 13.3 Å². The first kappa shape index (κ1) is 22.2. The summed E-state index contributed by atoms with van der Waals surface area (Å²) in [4.78, 5) is 0. The van der Waals surface area contributed by atoms with Gasteiger partial charge in [-0.2, -0.15) is 0 Å². The van der Waals surface area contributed by atoms with E-state index in [9.17, 15) is 5.11 Å². The van der Waals surface area contributed by atoms with Crippen LogP contribution in [0.25, 0.3) is 0 Å². The summed E-state index contributed by atoms with van der Waals surface area (Å²) in [6.45, 7) is 7.28. The van der Waals surface area contributed by atoms with Crippen LogP contribution in [0.2, 0.25) is 0 Å². The van der Waals surface area contributed by atoms with Crippen molar-refractivity contribution in [1.29, 1.82) is 0 Å². The van der Waals surface area contributed by atoms with Gasteiger partial charge in [0.05, 0.1) is 12.7 Å². The van der Waals surface area contributed by atoms with Crippen LogP contribution in [0.1, 0.15) is 97.8 Å². The molecule has 0 radical (unpaired) electrons. The maximum absolute atomic E-state index is 10.2. The molecule has 146 valence electrons. The van der Waals surface area contributed by atoms with E-state index in [1.807, 2.05) is 13.1 Å². The molecule has 25 heavy (non-hydrogen) atoms. The molecule has 3 heteroatoms. The molecular formula is C22H43N2O+. The van der Waals surface area contributed by atoms with Crippen LogP contribution in [0, 0.1) is 0 Å². The number of nitrogens with zero attached hydrogens (tertiary/aromatic N) is 1. The van der Waals surface area contributed by atoms with Crippen molar-refractivity contribution >= 4 is 0 Å². The molecule has 3 nitrogen and oxygen atoms in total. The van der Waals surface area contributed by atoms with Crippen molar-refractivity contribution in [3.05, 3.63) is 24.6 Å². The minimum atomic E-state index is -0.339. The average Bonchev–Trinajstić information content (AvgIpc) is 3.03. The molecule has 0 bridgehead atoms. The van der Waals surface area contributed by atoms with Crippen molar-refractivity contribution in [2.24, 2.45) is 0 Å². The van der Waals surface area contributed by atoms with Crippen LogP contribution in [0.5, 0.6) is 0 Å². The number of allylic oxidation sites excluding steroid dienone is 2. The number of hydrogen-bond acceptors (Lipinski definition) is 2. The molecule has 2 N–H and O–H groups in total. The third-order valence-electron chi connectivity index (χ3n) is 5.70. The fourth-order valence-electron chi connectivity index (χ4n) is 3.89. The lowest BCUT2D eigenvalue weighted by atomic mass is 10.1. The highest BCUT2D eigenvalue weighted by molar-refractivity contribution is 4.85. The van der Waals surface area contributed by atoms with Gasteiger partial charge in [0.1, 0.15) is 6.20 Å². The summed E-state index contributed by atoms with van der Waals surface area (Å²) in [5.74, 6) is 0. The third-order valence-corrected chi connectivity index (χ3v) is 5.70. The zero-order valence-corrected chi connectivity index (χ0v) is 17.1. The number of quaternary nitrogens is 1. The van der Waals surface area contributed by atoms with Crippen molar-refractivity contribution in [3.63, 3.8) is 0 Å². The van der Waals surface area contributed by atoms with E-state index in [1.165, 1.54) is 70.6 Å². The zero-order valence-electron chi connectivity index (χ0n) is 17.1. The lowest BCUT2D eigenvalue weighted by Crippen LogP contribution is -2.57. The number of rotatable bonds is 15. The molecule has 1 heterocycles. The van der Waals surface area contributed by atoms with Crippen LogP contribution in [-0.2, 0) is 0 Å². The largest absolute Gasteiger partial charge is 0.345 e. The number of hydrogen-bond donors (Lipinski definition) is 2. The molecule has 1 aliphatic heterocycles. The zero-order chi connectivity index (χ0) is 18.4. The van der Waals surface area contributed by atoms with Gasteiger partial charge in [-0.25, -0.2) is 0 Å². The van der Waals surface area contributed by atoms with E-state index in [-0.39, 0.29) is 6.23 Å². The van der Waals surface area contributed by atoms with Gasteiger partial charge in [0.25, 0.3) is 0 Å². The second-order valence-corrected chi connectivity index (χ2v) is 7.61. The molecule has 0 aromatic heterocycles. The first-order valence-corrected chi connectivity index (χ1v) is 10.8. The van der Waals surface area contributed by atoms with E-state index in [2.05, 4.69) is 37.5 Å². The molecule has 3 atom stereocenters. The predicted molar refractivity (Wildman–Crippen MR) is 109 cm³/mol. The highest BCUT2D eigenvalue weighted by Crippen LogP contribution is 2.25. The Bertz CT molecular complexity index is 378. The second kappa shape index (κ2) is 13.4. The summed E-state index contributed by atoms with van der Waals surface area (Å²) >= 11 is 0. The minimum absolute atomic E-state index is 0.339. The minimum Gasteiger partial charge on any atom is -0.345 e. The van der Waals surface area contributed by atoms with Gasteiger partial charge >= 0.3 is 0 Å². The molecule has 1 rings (SSSR count). The van der Waals surface area contributed by atoms with Crippen molar-refractivity contribution in [3.8, 4) is 0 Å². The first-order chi connectivity index (χ1) is 12.2. The summed E-state index contributed by atoms with van der Waals surface area (Å²) in [5.41, 5.74) is 0. The number of nitrogens with one attached hydrogen (secondary N) is 1. The quantitative estimate of drug-likeness (QED) is 0.221. The molecule has 1 aliphatic rings. The molecular weight excluding hydrogens is 308 g/mol. The topological polar surface area (TPSA) is 32.3 Å². The molecule has 0 saturated heterocycles. The normalized spacial score (nSPS) is 24.1. The van der Waals surface area contributed by atoms with Crippen LogP contribution in [-0.4, -0.2) is 28.5 Å². The highest BCUT2D eigenvalue weighted by Gasteiger charge is 2.40. The van der Waals surface area contributed by atoms with E-state index >= 15 is 0 Å². The highest BCUT2D eigenvalue weighted by atomic mass is 16.3. The van der Waals surface area contributed by atoms with Gasteiger partial charge < -0.3 is 10.4 Å². The Kier molecular flexibility index (Phi) is 11.9. The maximum atomic E-state index is 10.2. The monoisotopic (exact) mass is 351 g/mol. The van der Waals surface area contributed by atoms with Gasteiger partial charge in [0.2, 0.25) is 0 Å². The van der Waals surface area contributed by atoms with Gasteiger partial charge in [-0.15, -0.1) is 0 Å². The first-order valence-electron chi connectivity index (χ1n) is 10.8. The average molecular weight is 352 g/mol. The van der Waals surface area contributed by atoms with E-state index in [0.29, 0.717) is 10.6 Å². The molecule has 0 saturated carbocycles. The van der Waals surface area contributed by atoms with Crippen LogP contribution in [0.15, 0.2) is 24.6 Å². The standard InChI is InChI=1S/C22H43N2O/c1-4-6-7-8-9-10-11-12-13-14-15-16-17-18-22-23-19-20-24(22,5-2)21(3)25/h11-12,19-23,25H,4-10,13-18H2,1-3H3/q+1/b12-11+. The lowest BCUT2D eigenvalue weighted by molar-refractivity contribution is -0.942. The third kappa shape index (κ3) is 7.96. The SMILES string of the molecule is CCCCCCC/C=C/CCCCCCC1NC=C[N+]1(CC)C(C)O. The fraction of sp³-hybridized carbons (Fsp3) is 0.818. The molecule has 0 amide bonds. The van der Waals surface area contributed by atoms with Crippen molar-refractivity contribution < 1.29 is 9.59 Å². The van der Waals surface area contributed by atoms with E-state index in [1.54, 1.807) is 0 Å². The van der Waals surface area contributed by atoms with Gasteiger partial charge in [-0.3, -0.25) is 4.48 Å². The Labute approximate surface area is 156 Å². The van der Waals surface area contributed by atoms with Crippen LogP contribution in [0.4, 0.5) is 0 Å². The van der Waals surface area contributed by atoms with E-state index in [4.69, 9.17) is 0 Å². The van der Waals surface area contributed by atoms with Gasteiger partial charge in [-0.05, 0) is 39.0 Å². The lowest BCUT2D eigenvalue weighted by Gasteiger charge is -2.39. The summed E-state index contributed by atoms with van der Waals surface area (Å²) < 4.78 is 0.668. The predicted octanol–water partition coefficient (Wildman–Crippen LogP) is 5.82. The molecule has 0 fully saturated rings. The maximum Gasteiger partial charge on any atom is 0.193 e. The summed E-state index contributed by atoms with van der Waals surface area (Å²) in [5, 5.41) is 13.6. The molecule has 0 spiro atoms.